The van der Waals surface area contributed by atoms with E-state index >= 15 is 0 Å². The number of benzene rings is 2. The highest BCUT2D eigenvalue weighted by atomic mass is 19.1. The second-order valence-electron chi connectivity index (χ2n) is 7.76. The molecule has 0 aromatic heterocycles. The Balaban J connectivity index is 1.49. The maximum Gasteiger partial charge on any atom is 0.321 e. The number of ether oxygens (including phenoxy) is 2. The summed E-state index contributed by atoms with van der Waals surface area (Å²) in [5, 5.41) is 2.95. The van der Waals surface area contributed by atoms with E-state index in [0.717, 1.165) is 12.1 Å². The first kappa shape index (κ1) is 19.5. The predicted octanol–water partition coefficient (Wildman–Crippen LogP) is 3.61. The van der Waals surface area contributed by atoms with Gasteiger partial charge in [-0.3, -0.25) is 4.90 Å². The van der Waals surface area contributed by atoms with Gasteiger partial charge in [0, 0.05) is 37.7 Å². The van der Waals surface area contributed by atoms with Crippen LogP contribution in [-0.4, -0.2) is 56.7 Å². The minimum atomic E-state index is -0.225. The summed E-state index contributed by atoms with van der Waals surface area (Å²) in [6, 6.07) is 12.0. The Morgan fingerprint density at radius 2 is 1.93 bits per heavy atom. The Morgan fingerprint density at radius 1 is 1.10 bits per heavy atom. The van der Waals surface area contributed by atoms with Gasteiger partial charge in [0.1, 0.15) is 17.3 Å². The predicted molar refractivity (Wildman–Crippen MR) is 109 cm³/mol. The number of halogens is 1. The minimum Gasteiger partial charge on any atom is -0.497 e. The molecule has 2 amide bonds. The third-order valence-electron chi connectivity index (χ3n) is 6.02. The van der Waals surface area contributed by atoms with Crippen LogP contribution in [0.1, 0.15) is 11.6 Å². The number of methoxy groups -OCH3 is 2. The van der Waals surface area contributed by atoms with Crippen molar-refractivity contribution < 1.29 is 18.7 Å². The molecule has 2 aromatic rings. The highest BCUT2D eigenvalue weighted by Crippen LogP contribution is 2.44. The summed E-state index contributed by atoms with van der Waals surface area (Å²) < 4.78 is 24.4. The molecule has 3 atom stereocenters. The molecule has 7 heteroatoms. The standard InChI is InChI=1S/C22H26FN3O3/c1-25-11-15-12-26(13-18(15)21(25)14-5-4-6-16(23)9-14)22(27)24-19-10-17(28-2)7-8-20(19)29-3/h4-10,15,18,21H,11-13H2,1-3H3,(H,24,27)/t15-,18+,21-/m0/s1. The number of urea groups is 1. The number of nitrogens with zero attached hydrogens (tertiary/aromatic N) is 2. The normalized spacial score (nSPS) is 23.7. The van der Waals surface area contributed by atoms with E-state index in [9.17, 15) is 9.18 Å². The van der Waals surface area contributed by atoms with Gasteiger partial charge in [-0.15, -0.1) is 0 Å². The smallest absolute Gasteiger partial charge is 0.321 e. The molecular formula is C22H26FN3O3. The number of anilines is 1. The first-order valence-corrected chi connectivity index (χ1v) is 9.74. The van der Waals surface area contributed by atoms with Crippen LogP contribution < -0.4 is 14.8 Å². The summed E-state index contributed by atoms with van der Waals surface area (Å²) >= 11 is 0. The number of fused-ring (bicyclic) bond motifs is 1. The lowest BCUT2D eigenvalue weighted by Crippen LogP contribution is -2.36. The minimum absolute atomic E-state index is 0.111. The van der Waals surface area contributed by atoms with Crippen molar-refractivity contribution in [1.82, 2.24) is 9.80 Å². The molecule has 2 aliphatic rings. The van der Waals surface area contributed by atoms with Gasteiger partial charge in [-0.05, 0) is 42.8 Å². The number of carbonyl (C=O) groups is 1. The number of hydrogen-bond acceptors (Lipinski definition) is 4. The van der Waals surface area contributed by atoms with Gasteiger partial charge >= 0.3 is 6.03 Å². The van der Waals surface area contributed by atoms with Gasteiger partial charge < -0.3 is 19.7 Å². The molecule has 0 bridgehead atoms. The van der Waals surface area contributed by atoms with Gasteiger partial charge in [0.15, 0.2) is 0 Å². The van der Waals surface area contributed by atoms with E-state index in [1.54, 1.807) is 44.6 Å². The average Bonchev–Trinajstić information content (AvgIpc) is 3.24. The molecule has 2 heterocycles. The summed E-state index contributed by atoms with van der Waals surface area (Å²) in [4.78, 5) is 17.0. The van der Waals surface area contributed by atoms with Gasteiger partial charge in [-0.2, -0.15) is 0 Å². The third kappa shape index (κ3) is 3.74. The molecule has 2 aliphatic heterocycles. The van der Waals surface area contributed by atoms with Crippen LogP contribution in [0.5, 0.6) is 11.5 Å². The highest BCUT2D eigenvalue weighted by Gasteiger charge is 2.47. The Hall–Kier alpha value is -2.80. The second-order valence-corrected chi connectivity index (χ2v) is 7.76. The first-order chi connectivity index (χ1) is 14.0. The molecular weight excluding hydrogens is 373 g/mol. The van der Waals surface area contributed by atoms with Crippen molar-refractivity contribution in [3.63, 3.8) is 0 Å². The number of nitrogens with one attached hydrogen (secondary N) is 1. The SMILES string of the molecule is COc1ccc(OC)c(NC(=O)N2C[C@@H]3CN(C)[C@@H](c4cccc(F)c4)[C@@H]3C2)c1. The van der Waals surface area contributed by atoms with Gasteiger partial charge in [-0.1, -0.05) is 12.1 Å². The summed E-state index contributed by atoms with van der Waals surface area (Å²) in [6.45, 7) is 2.20. The lowest BCUT2D eigenvalue weighted by atomic mass is 9.89. The molecule has 0 saturated carbocycles. The number of rotatable bonds is 4. The van der Waals surface area contributed by atoms with Crippen molar-refractivity contribution in [2.24, 2.45) is 11.8 Å². The van der Waals surface area contributed by atoms with Crippen molar-refractivity contribution in [2.45, 2.75) is 6.04 Å². The lowest BCUT2D eigenvalue weighted by molar-refractivity contribution is 0.205. The van der Waals surface area contributed by atoms with Crippen molar-refractivity contribution in [3.05, 3.63) is 53.8 Å². The van der Waals surface area contributed by atoms with Gasteiger partial charge in [-0.25, -0.2) is 9.18 Å². The van der Waals surface area contributed by atoms with Crippen molar-refractivity contribution in [3.8, 4) is 11.5 Å². The maximum atomic E-state index is 13.8. The topological polar surface area (TPSA) is 54.0 Å². The molecule has 1 N–H and O–H groups in total. The monoisotopic (exact) mass is 399 g/mol. The van der Waals surface area contributed by atoms with Crippen LogP contribution in [0.3, 0.4) is 0 Å². The van der Waals surface area contributed by atoms with E-state index in [-0.39, 0.29) is 23.8 Å². The summed E-state index contributed by atoms with van der Waals surface area (Å²) in [5.74, 6) is 1.64. The summed E-state index contributed by atoms with van der Waals surface area (Å²) in [5.41, 5.74) is 1.55. The van der Waals surface area contributed by atoms with Crippen LogP contribution >= 0.6 is 0 Å². The summed E-state index contributed by atoms with van der Waals surface area (Å²) in [7, 11) is 5.22. The van der Waals surface area contributed by atoms with Crippen LogP contribution in [-0.2, 0) is 0 Å². The molecule has 2 fully saturated rings. The lowest BCUT2D eigenvalue weighted by Gasteiger charge is -2.27. The molecule has 0 aliphatic carbocycles. The Morgan fingerprint density at radius 3 is 2.66 bits per heavy atom. The molecule has 2 saturated heterocycles. The zero-order valence-corrected chi connectivity index (χ0v) is 16.9. The number of likely N-dealkylation sites (tertiary alicyclic amines) is 2. The maximum absolute atomic E-state index is 13.8. The first-order valence-electron chi connectivity index (χ1n) is 9.74. The molecule has 0 radical (unpaired) electrons. The molecule has 2 aromatic carbocycles. The number of carbonyl (C=O) groups excluding carboxylic acids is 1. The quantitative estimate of drug-likeness (QED) is 0.854. The highest BCUT2D eigenvalue weighted by molar-refractivity contribution is 5.91. The van der Waals surface area contributed by atoms with Crippen LogP contribution in [0.15, 0.2) is 42.5 Å². The van der Waals surface area contributed by atoms with E-state index < -0.39 is 0 Å². The molecule has 0 spiro atoms. The Bertz CT molecular complexity index is 907. The fourth-order valence-corrected chi connectivity index (χ4v) is 4.72. The van der Waals surface area contributed by atoms with Crippen molar-refractivity contribution in [2.75, 3.05) is 46.2 Å². The average molecular weight is 399 g/mol. The van der Waals surface area contributed by atoms with Crippen LogP contribution in [0.2, 0.25) is 0 Å². The fraction of sp³-hybridized carbons (Fsp3) is 0.409. The van der Waals surface area contributed by atoms with Crippen LogP contribution in [0.4, 0.5) is 14.9 Å². The zero-order chi connectivity index (χ0) is 20.5. The second kappa shape index (κ2) is 7.91. The van der Waals surface area contributed by atoms with Crippen molar-refractivity contribution >= 4 is 11.7 Å². The largest absolute Gasteiger partial charge is 0.497 e. The molecule has 4 rings (SSSR count). The number of amides is 2. The van der Waals surface area contributed by atoms with Gasteiger partial charge in [0.25, 0.3) is 0 Å². The van der Waals surface area contributed by atoms with E-state index in [0.29, 0.717) is 36.2 Å². The molecule has 6 nitrogen and oxygen atoms in total. The Kier molecular flexibility index (Phi) is 5.32. The van der Waals surface area contributed by atoms with Crippen molar-refractivity contribution in [1.29, 1.82) is 0 Å². The fourth-order valence-electron chi connectivity index (χ4n) is 4.72. The van der Waals surface area contributed by atoms with Crippen LogP contribution in [0.25, 0.3) is 0 Å². The van der Waals surface area contributed by atoms with E-state index in [1.807, 2.05) is 11.0 Å². The van der Waals surface area contributed by atoms with Crippen LogP contribution in [0, 0.1) is 17.7 Å². The third-order valence-corrected chi connectivity index (χ3v) is 6.02. The van der Waals surface area contributed by atoms with E-state index in [4.69, 9.17) is 9.47 Å². The molecule has 0 unspecified atom stereocenters. The van der Waals surface area contributed by atoms with Gasteiger partial charge in [0.2, 0.25) is 0 Å². The van der Waals surface area contributed by atoms with E-state index in [2.05, 4.69) is 17.3 Å². The zero-order valence-electron chi connectivity index (χ0n) is 16.9. The van der Waals surface area contributed by atoms with Gasteiger partial charge in [0.05, 0.1) is 19.9 Å². The van der Waals surface area contributed by atoms with E-state index in [1.165, 1.54) is 6.07 Å². The number of hydrogen-bond donors (Lipinski definition) is 1. The molecule has 29 heavy (non-hydrogen) atoms. The summed E-state index contributed by atoms with van der Waals surface area (Å²) in [6.07, 6.45) is 0. The Labute approximate surface area is 170 Å². The molecule has 154 valence electrons.